The summed E-state index contributed by atoms with van der Waals surface area (Å²) in [5, 5.41) is 12.3. The molecule has 3 saturated heterocycles. The van der Waals surface area contributed by atoms with Gasteiger partial charge in [-0.15, -0.1) is 0 Å². The maximum absolute atomic E-state index is 15.0. The van der Waals surface area contributed by atoms with E-state index >= 15 is 0 Å². The van der Waals surface area contributed by atoms with Gasteiger partial charge in [0, 0.05) is 69.8 Å². The molecule has 6 unspecified atom stereocenters. The molecule has 2 spiro atoms. The summed E-state index contributed by atoms with van der Waals surface area (Å²) in [5.74, 6) is -8.35. The maximum Gasteiger partial charge on any atom is 0.338 e. The van der Waals surface area contributed by atoms with Crippen molar-refractivity contribution in [3.05, 3.63) is 35.5 Å². The quantitative estimate of drug-likeness (QED) is 0.150. The normalized spacial score (nSPS) is 48.7. The van der Waals surface area contributed by atoms with E-state index in [1.807, 2.05) is 13.8 Å². The molecule has 15 atom stereocenters. The van der Waals surface area contributed by atoms with Gasteiger partial charge in [-0.25, -0.2) is 4.79 Å². The Bertz CT molecular complexity index is 1960. The van der Waals surface area contributed by atoms with E-state index in [0.29, 0.717) is 5.56 Å². The lowest BCUT2D eigenvalue weighted by Crippen LogP contribution is -2.97. The van der Waals surface area contributed by atoms with Crippen LogP contribution in [0.5, 0.6) is 0 Å². The third-order valence-electron chi connectivity index (χ3n) is 15.5. The summed E-state index contributed by atoms with van der Waals surface area (Å²) in [4.78, 5) is 56.2. The van der Waals surface area contributed by atoms with Crippen molar-refractivity contribution in [3.63, 3.8) is 0 Å². The summed E-state index contributed by atoms with van der Waals surface area (Å²) >= 11 is 0. The average Bonchev–Trinajstić information content (AvgIpc) is 3.85. The summed E-state index contributed by atoms with van der Waals surface area (Å²) in [7, 11) is 5.70. The van der Waals surface area contributed by atoms with E-state index in [1.54, 1.807) is 47.6 Å². The molecule has 4 saturated carbocycles. The van der Waals surface area contributed by atoms with Gasteiger partial charge in [-0.3, -0.25) is 14.4 Å². The molecule has 1 aromatic rings. The fourth-order valence-electron chi connectivity index (χ4n) is 14.0. The molecule has 4 aliphatic carbocycles. The highest BCUT2D eigenvalue weighted by atomic mass is 16.9. The molecular weight excluding hydrogens is 760 g/mol. The molecule has 58 heavy (non-hydrogen) atoms. The van der Waals surface area contributed by atoms with Gasteiger partial charge in [0.05, 0.1) is 36.5 Å². The Kier molecular flexibility index (Phi) is 8.89. The number of methoxy groups -OCH3 is 4. The van der Waals surface area contributed by atoms with Gasteiger partial charge in [-0.05, 0) is 18.4 Å². The molecule has 7 aliphatic rings. The molecule has 3 aliphatic heterocycles. The standard InChI is InChI=1S/C42H56O16/c1-19(2)26(45)25-27-36(7,28(54-32(25)47)22-14-15-52-17-22)29(55-31(46)20(3)4)30(49-11)42-37(8)23(16-24(44)48-10)35(6)18-39(37)41(51-13,33(35)53-21(5)43)34(50-12)40(27,42)57-38(9,56-39)58-42/h14-15,17,19-20,23,27-30,33-34,45H,16,18H2,1-13H3/b26-25-/t23-,27?,28-,29?,30+,33?,34-,35?,36+,37+,38?,39?,40+,41-,42-/m0/s1. The van der Waals surface area contributed by atoms with E-state index in [1.165, 1.54) is 47.9 Å². The van der Waals surface area contributed by atoms with Gasteiger partial charge in [0.15, 0.2) is 5.60 Å². The summed E-state index contributed by atoms with van der Waals surface area (Å²) in [6.45, 7) is 15.4. The molecule has 16 nitrogen and oxygen atoms in total. The minimum absolute atomic E-state index is 0.151. The fourth-order valence-corrected chi connectivity index (χ4v) is 14.0. The second-order valence-electron chi connectivity index (χ2n) is 18.6. The van der Waals surface area contributed by atoms with Crippen molar-refractivity contribution in [1.82, 2.24) is 0 Å². The van der Waals surface area contributed by atoms with E-state index in [2.05, 4.69) is 0 Å². The number of fused-ring (bicyclic) bond motifs is 3. The van der Waals surface area contributed by atoms with Crippen LogP contribution in [0.1, 0.15) is 86.8 Å². The predicted octanol–water partition coefficient (Wildman–Crippen LogP) is 4.49. The molecule has 0 radical (unpaired) electrons. The van der Waals surface area contributed by atoms with E-state index in [-0.39, 0.29) is 24.2 Å². The number of rotatable bonds is 10. The minimum Gasteiger partial charge on any atom is -0.511 e. The summed E-state index contributed by atoms with van der Waals surface area (Å²) < 4.78 is 72.9. The van der Waals surface area contributed by atoms with Crippen molar-refractivity contribution in [2.75, 3.05) is 28.4 Å². The number of esters is 4. The van der Waals surface area contributed by atoms with Crippen LogP contribution in [-0.2, 0) is 66.5 Å². The number of cyclic esters (lactones) is 1. The number of aliphatic hydroxyl groups is 1. The van der Waals surface area contributed by atoms with Crippen molar-refractivity contribution in [3.8, 4) is 0 Å². The van der Waals surface area contributed by atoms with Crippen molar-refractivity contribution >= 4 is 23.9 Å². The minimum atomic E-state index is -2.03. The van der Waals surface area contributed by atoms with Crippen LogP contribution >= 0.6 is 0 Å². The lowest BCUT2D eigenvalue weighted by molar-refractivity contribution is -0.494. The molecule has 320 valence electrons. The van der Waals surface area contributed by atoms with Crippen LogP contribution in [0.15, 0.2) is 34.3 Å². The molecule has 0 amide bonds. The molecule has 4 heterocycles. The highest BCUT2D eigenvalue weighted by molar-refractivity contribution is 5.92. The van der Waals surface area contributed by atoms with E-state index in [0.717, 1.165) is 0 Å². The van der Waals surface area contributed by atoms with Crippen molar-refractivity contribution < 1.29 is 76.1 Å². The first kappa shape index (κ1) is 41.2. The first-order valence-corrected chi connectivity index (χ1v) is 19.9. The Balaban J connectivity index is 1.60. The van der Waals surface area contributed by atoms with Crippen molar-refractivity contribution in [1.29, 1.82) is 0 Å². The largest absolute Gasteiger partial charge is 0.511 e. The molecule has 4 bridgehead atoms. The monoisotopic (exact) mass is 816 g/mol. The van der Waals surface area contributed by atoms with E-state index in [4.69, 9.17) is 51.8 Å². The smallest absolute Gasteiger partial charge is 0.338 e. The summed E-state index contributed by atoms with van der Waals surface area (Å²) in [6.07, 6.45) is -3.54. The number of hydrogen-bond acceptors (Lipinski definition) is 16. The van der Waals surface area contributed by atoms with Gasteiger partial charge in [0.25, 0.3) is 5.97 Å². The number of carbonyl (C=O) groups excluding carboxylic acids is 4. The molecule has 7 fully saturated rings. The lowest BCUT2D eigenvalue weighted by atomic mass is 9.32. The first-order valence-electron chi connectivity index (χ1n) is 19.9. The highest BCUT2D eigenvalue weighted by Gasteiger charge is 3.06. The number of ether oxygens (including phenoxy) is 10. The van der Waals surface area contributed by atoms with E-state index in [9.17, 15) is 24.3 Å². The van der Waals surface area contributed by atoms with Crippen LogP contribution < -0.4 is 0 Å². The van der Waals surface area contributed by atoms with Crippen LogP contribution in [0, 0.1) is 39.9 Å². The van der Waals surface area contributed by atoms with Crippen LogP contribution in [0.3, 0.4) is 0 Å². The Labute approximate surface area is 337 Å². The molecule has 16 heteroatoms. The second kappa shape index (κ2) is 12.5. The van der Waals surface area contributed by atoms with Crippen LogP contribution in [0.4, 0.5) is 0 Å². The van der Waals surface area contributed by atoms with Gasteiger partial charge in [0.2, 0.25) is 0 Å². The molecule has 8 rings (SSSR count). The maximum atomic E-state index is 15.0. The van der Waals surface area contributed by atoms with Gasteiger partial charge in [-0.2, -0.15) is 0 Å². The topological polar surface area (TPSA) is 194 Å². The summed E-state index contributed by atoms with van der Waals surface area (Å²) in [6, 6.07) is 1.65. The predicted molar refractivity (Wildman–Crippen MR) is 196 cm³/mol. The highest BCUT2D eigenvalue weighted by Crippen LogP contribution is 2.90. The third-order valence-corrected chi connectivity index (χ3v) is 15.5. The van der Waals surface area contributed by atoms with Crippen LogP contribution in [-0.4, -0.2) is 110 Å². The Hall–Kier alpha value is -3.54. The molecule has 1 N–H and O–H groups in total. The van der Waals surface area contributed by atoms with Crippen LogP contribution in [0.25, 0.3) is 0 Å². The number of furan rings is 1. The number of hydrogen-bond donors (Lipinski definition) is 1. The van der Waals surface area contributed by atoms with E-state index < -0.39 is 123 Å². The van der Waals surface area contributed by atoms with Gasteiger partial charge >= 0.3 is 23.9 Å². The fraction of sp³-hybridized carbons (Fsp3) is 0.762. The summed E-state index contributed by atoms with van der Waals surface area (Å²) in [5.41, 5.74) is -11.1. The zero-order valence-electron chi connectivity index (χ0n) is 35.4. The van der Waals surface area contributed by atoms with Crippen molar-refractivity contribution in [2.45, 2.75) is 134 Å². The van der Waals surface area contributed by atoms with Crippen LogP contribution in [0.2, 0.25) is 0 Å². The van der Waals surface area contributed by atoms with Gasteiger partial charge in [-0.1, -0.05) is 48.5 Å². The third kappa shape index (κ3) is 4.17. The molecule has 0 aromatic carbocycles. The molecule has 1 aromatic heterocycles. The number of allylic oxidation sites excluding steroid dienone is 1. The number of aliphatic hydroxyl groups excluding tert-OH is 1. The zero-order chi connectivity index (χ0) is 42.6. The Morgan fingerprint density at radius 2 is 1.60 bits per heavy atom. The SMILES string of the molecule is COC(=O)C[C@H]1C2(C)CC34OC5(C)O[C@@]6([C@H](OC)C(OC(=O)C(C)C)[C@]7(C)C(/C(=C(/O)C(C)C)C(=O)O[C@H]7c7ccoc7)[C@@]6(O5)[C@H](OC)[C@@]3(OC)C2OC(C)=O)[C@]14C. The first-order chi connectivity index (χ1) is 27.1. The Morgan fingerprint density at radius 3 is 2.14 bits per heavy atom. The van der Waals surface area contributed by atoms with Gasteiger partial charge in [0.1, 0.15) is 53.1 Å². The molecular formula is C42H56O16. The van der Waals surface area contributed by atoms with Gasteiger partial charge < -0.3 is 56.9 Å². The lowest BCUT2D eigenvalue weighted by Gasteiger charge is -2.79. The van der Waals surface area contributed by atoms with Crippen molar-refractivity contribution in [2.24, 2.45) is 39.9 Å². The average molecular weight is 817 g/mol. The zero-order valence-corrected chi connectivity index (χ0v) is 35.4. The second-order valence-corrected chi connectivity index (χ2v) is 18.6. The Morgan fingerprint density at radius 1 is 0.914 bits per heavy atom. The number of carbonyl (C=O) groups is 4.